The number of halogens is 1. The van der Waals surface area contributed by atoms with Crippen LogP contribution in [-0.2, 0) is 4.79 Å². The van der Waals surface area contributed by atoms with Crippen molar-refractivity contribution < 1.29 is 9.53 Å². The molecular weight excluding hydrogens is 444 g/mol. The molecule has 1 amide bonds. The summed E-state index contributed by atoms with van der Waals surface area (Å²) >= 11 is 3.39. The standard InChI is InChI=1S/C23H21BrN4O2/c1-14-12-21(25-20-7-5-4-6-19(14)20)28-22(13-15(2)27-28)26-23(29)16(3)30-18-10-8-17(24)9-11-18/h4-13,16H,1-3H3,(H,26,29). The molecule has 1 atom stereocenters. The van der Waals surface area contributed by atoms with Gasteiger partial charge in [0.15, 0.2) is 11.9 Å². The summed E-state index contributed by atoms with van der Waals surface area (Å²) in [5.41, 5.74) is 2.75. The molecule has 2 heterocycles. The van der Waals surface area contributed by atoms with Gasteiger partial charge >= 0.3 is 0 Å². The number of hydrogen-bond acceptors (Lipinski definition) is 4. The van der Waals surface area contributed by atoms with Gasteiger partial charge in [0.25, 0.3) is 5.91 Å². The van der Waals surface area contributed by atoms with Gasteiger partial charge < -0.3 is 10.1 Å². The number of fused-ring (bicyclic) bond motifs is 1. The Labute approximate surface area is 183 Å². The summed E-state index contributed by atoms with van der Waals surface area (Å²) in [5.74, 6) is 1.55. The largest absolute Gasteiger partial charge is 0.481 e. The zero-order valence-electron chi connectivity index (χ0n) is 16.9. The first-order chi connectivity index (χ1) is 14.4. The highest BCUT2D eigenvalue weighted by molar-refractivity contribution is 9.10. The van der Waals surface area contributed by atoms with Gasteiger partial charge in [-0.25, -0.2) is 4.98 Å². The van der Waals surface area contributed by atoms with Crippen LogP contribution in [0.15, 0.2) is 65.1 Å². The molecule has 0 spiro atoms. The Bertz CT molecular complexity index is 1220. The zero-order valence-corrected chi connectivity index (χ0v) is 18.5. The summed E-state index contributed by atoms with van der Waals surface area (Å²) in [5, 5.41) is 8.53. The SMILES string of the molecule is Cc1cc(NC(=O)C(C)Oc2ccc(Br)cc2)n(-c2cc(C)c3ccccc3n2)n1. The molecule has 0 fully saturated rings. The molecule has 4 rings (SSSR count). The molecule has 0 bridgehead atoms. The molecule has 0 aliphatic carbocycles. The molecule has 152 valence electrons. The number of nitrogens with zero attached hydrogens (tertiary/aromatic N) is 3. The molecule has 30 heavy (non-hydrogen) atoms. The van der Waals surface area contributed by atoms with Gasteiger partial charge in [0.2, 0.25) is 0 Å². The predicted octanol–water partition coefficient (Wildman–Crippen LogP) is 5.21. The third-order valence-electron chi connectivity index (χ3n) is 4.71. The molecule has 1 unspecified atom stereocenters. The number of carbonyl (C=O) groups excluding carboxylic acids is 1. The average molecular weight is 465 g/mol. The van der Waals surface area contributed by atoms with E-state index in [0.29, 0.717) is 17.4 Å². The van der Waals surface area contributed by atoms with Crippen molar-refractivity contribution in [3.8, 4) is 11.6 Å². The van der Waals surface area contributed by atoms with E-state index < -0.39 is 6.10 Å². The second-order valence-electron chi connectivity index (χ2n) is 7.10. The van der Waals surface area contributed by atoms with E-state index in [1.54, 1.807) is 11.6 Å². The van der Waals surface area contributed by atoms with Crippen molar-refractivity contribution in [2.24, 2.45) is 0 Å². The summed E-state index contributed by atoms with van der Waals surface area (Å²) in [6, 6.07) is 19.1. The Kier molecular flexibility index (Phi) is 5.55. The van der Waals surface area contributed by atoms with Crippen molar-refractivity contribution in [1.82, 2.24) is 14.8 Å². The highest BCUT2D eigenvalue weighted by atomic mass is 79.9. The summed E-state index contributed by atoms with van der Waals surface area (Å²) in [6.45, 7) is 5.63. The maximum Gasteiger partial charge on any atom is 0.266 e. The van der Waals surface area contributed by atoms with Gasteiger partial charge in [-0.2, -0.15) is 9.78 Å². The van der Waals surface area contributed by atoms with E-state index in [1.165, 1.54) is 0 Å². The number of aryl methyl sites for hydroxylation is 2. The van der Waals surface area contributed by atoms with E-state index in [-0.39, 0.29) is 5.91 Å². The lowest BCUT2D eigenvalue weighted by molar-refractivity contribution is -0.122. The van der Waals surface area contributed by atoms with E-state index in [0.717, 1.165) is 26.6 Å². The van der Waals surface area contributed by atoms with Crippen LogP contribution in [0.1, 0.15) is 18.2 Å². The predicted molar refractivity (Wildman–Crippen MR) is 121 cm³/mol. The molecule has 0 radical (unpaired) electrons. The third kappa shape index (κ3) is 4.21. The molecule has 0 saturated carbocycles. The lowest BCUT2D eigenvalue weighted by atomic mass is 10.1. The second-order valence-corrected chi connectivity index (χ2v) is 8.02. The molecule has 0 aliphatic heterocycles. The molecule has 0 saturated heterocycles. The van der Waals surface area contributed by atoms with E-state index in [2.05, 4.69) is 26.3 Å². The number of nitrogens with one attached hydrogen (secondary N) is 1. The van der Waals surface area contributed by atoms with Crippen LogP contribution in [0.5, 0.6) is 5.75 Å². The third-order valence-corrected chi connectivity index (χ3v) is 5.23. The number of anilines is 1. The molecule has 2 aromatic carbocycles. The van der Waals surface area contributed by atoms with Crippen molar-refractivity contribution in [1.29, 1.82) is 0 Å². The van der Waals surface area contributed by atoms with Gasteiger partial charge in [-0.3, -0.25) is 4.79 Å². The number of amides is 1. The molecule has 0 aliphatic rings. The first-order valence-electron chi connectivity index (χ1n) is 9.57. The maximum absolute atomic E-state index is 12.7. The Hall–Kier alpha value is -3.19. The summed E-state index contributed by atoms with van der Waals surface area (Å²) in [4.78, 5) is 17.5. The van der Waals surface area contributed by atoms with Gasteiger partial charge in [0.1, 0.15) is 11.6 Å². The Morgan fingerprint density at radius 1 is 1.10 bits per heavy atom. The highest BCUT2D eigenvalue weighted by Crippen LogP contribution is 2.23. The van der Waals surface area contributed by atoms with Crippen molar-refractivity contribution in [2.75, 3.05) is 5.32 Å². The number of hydrogen-bond donors (Lipinski definition) is 1. The number of carbonyl (C=O) groups is 1. The number of benzene rings is 2. The van der Waals surface area contributed by atoms with Crippen LogP contribution < -0.4 is 10.1 Å². The van der Waals surface area contributed by atoms with Crippen molar-refractivity contribution in [3.05, 3.63) is 76.4 Å². The van der Waals surface area contributed by atoms with Crippen molar-refractivity contribution in [2.45, 2.75) is 26.9 Å². The van der Waals surface area contributed by atoms with Crippen LogP contribution in [0, 0.1) is 13.8 Å². The van der Waals surface area contributed by atoms with Gasteiger partial charge in [-0.15, -0.1) is 0 Å². The Morgan fingerprint density at radius 3 is 2.60 bits per heavy atom. The minimum Gasteiger partial charge on any atom is -0.481 e. The van der Waals surface area contributed by atoms with E-state index in [9.17, 15) is 4.79 Å². The van der Waals surface area contributed by atoms with Gasteiger partial charge in [0, 0.05) is 15.9 Å². The topological polar surface area (TPSA) is 69.0 Å². The van der Waals surface area contributed by atoms with Crippen molar-refractivity contribution >= 4 is 38.6 Å². The maximum atomic E-state index is 12.7. The molecule has 7 heteroatoms. The Morgan fingerprint density at radius 2 is 1.83 bits per heavy atom. The quantitative estimate of drug-likeness (QED) is 0.440. The smallest absolute Gasteiger partial charge is 0.266 e. The minimum atomic E-state index is -0.680. The molecule has 6 nitrogen and oxygen atoms in total. The lowest BCUT2D eigenvalue weighted by Crippen LogP contribution is -2.31. The Balaban J connectivity index is 1.59. The first kappa shape index (κ1) is 20.1. The van der Waals surface area contributed by atoms with Gasteiger partial charge in [0.05, 0.1) is 11.2 Å². The first-order valence-corrected chi connectivity index (χ1v) is 10.4. The summed E-state index contributed by atoms with van der Waals surface area (Å²) in [6.07, 6.45) is -0.680. The van der Waals surface area contributed by atoms with E-state index in [4.69, 9.17) is 9.72 Å². The number of rotatable bonds is 5. The molecule has 2 aromatic heterocycles. The van der Waals surface area contributed by atoms with Crippen molar-refractivity contribution in [3.63, 3.8) is 0 Å². The van der Waals surface area contributed by atoms with Gasteiger partial charge in [-0.05, 0) is 62.7 Å². The fourth-order valence-corrected chi connectivity index (χ4v) is 3.47. The van der Waals surface area contributed by atoms with Crippen LogP contribution in [0.25, 0.3) is 16.7 Å². The summed E-state index contributed by atoms with van der Waals surface area (Å²) in [7, 11) is 0. The fraction of sp³-hybridized carbons (Fsp3) is 0.174. The number of para-hydroxylation sites is 1. The normalized spacial score (nSPS) is 12.0. The van der Waals surface area contributed by atoms with Gasteiger partial charge in [-0.1, -0.05) is 34.1 Å². The summed E-state index contributed by atoms with van der Waals surface area (Å²) < 4.78 is 8.35. The highest BCUT2D eigenvalue weighted by Gasteiger charge is 2.19. The monoisotopic (exact) mass is 464 g/mol. The van der Waals surface area contributed by atoms with Crippen LogP contribution in [0.4, 0.5) is 5.82 Å². The van der Waals surface area contributed by atoms with Crippen LogP contribution in [0.2, 0.25) is 0 Å². The van der Waals surface area contributed by atoms with Crippen LogP contribution in [-0.4, -0.2) is 26.8 Å². The minimum absolute atomic E-state index is 0.267. The molecular formula is C23H21BrN4O2. The van der Waals surface area contributed by atoms with E-state index in [1.807, 2.05) is 74.5 Å². The fourth-order valence-electron chi connectivity index (χ4n) is 3.20. The van der Waals surface area contributed by atoms with Crippen LogP contribution in [0.3, 0.4) is 0 Å². The second kappa shape index (κ2) is 8.28. The number of aromatic nitrogens is 3. The molecule has 4 aromatic rings. The zero-order chi connectivity index (χ0) is 21.3. The van der Waals surface area contributed by atoms with Crippen LogP contribution >= 0.6 is 15.9 Å². The number of pyridine rings is 1. The number of ether oxygens (including phenoxy) is 1. The average Bonchev–Trinajstić information content (AvgIpc) is 3.09. The molecule has 1 N–H and O–H groups in total. The lowest BCUT2D eigenvalue weighted by Gasteiger charge is -2.15. The van der Waals surface area contributed by atoms with E-state index >= 15 is 0 Å².